The summed E-state index contributed by atoms with van der Waals surface area (Å²) in [5, 5.41) is 15.0. The minimum Gasteiger partial charge on any atom is -0.497 e. The van der Waals surface area contributed by atoms with Gasteiger partial charge in [-0.3, -0.25) is 0 Å². The molecule has 0 atom stereocenters. The number of halogens is 3. The van der Waals surface area contributed by atoms with Gasteiger partial charge in [-0.1, -0.05) is 42.5 Å². The quantitative estimate of drug-likeness (QED) is 0.156. The molecule has 0 aliphatic rings. The van der Waals surface area contributed by atoms with E-state index in [1.54, 1.807) is 24.3 Å². The molecule has 0 fully saturated rings. The monoisotopic (exact) mass is 606 g/mol. The molecule has 5 aromatic rings. The highest BCUT2D eigenvalue weighted by atomic mass is 32.1. The second-order valence-corrected chi connectivity index (χ2v) is 10.2. The van der Waals surface area contributed by atoms with Gasteiger partial charge in [0.05, 0.1) is 29.6 Å². The number of nitrogens with zero attached hydrogens (tertiary/aromatic N) is 1. The number of benzene rings is 4. The van der Waals surface area contributed by atoms with Crippen molar-refractivity contribution in [2.75, 3.05) is 12.4 Å². The minimum absolute atomic E-state index is 0.0464. The van der Waals surface area contributed by atoms with Crippen molar-refractivity contribution in [3.05, 3.63) is 119 Å². The smallest absolute Gasteiger partial charge is 0.416 e. The molecule has 5 rings (SSSR count). The largest absolute Gasteiger partial charge is 0.497 e. The van der Waals surface area contributed by atoms with Crippen molar-refractivity contribution in [1.82, 2.24) is 4.98 Å². The Morgan fingerprint density at radius 3 is 2.26 bits per heavy atom. The van der Waals surface area contributed by atoms with Gasteiger partial charge in [-0.05, 0) is 59.7 Å². The molecule has 0 saturated carbocycles. The SMILES string of the molecule is COc1ccc(OCc2ccc(C(F)(F)F)cc2)c(-c2csc(Nc3ccc(C(=O)O)cc3OCc3ccccc3)n2)c1. The first-order chi connectivity index (χ1) is 20.7. The summed E-state index contributed by atoms with van der Waals surface area (Å²) in [5.41, 5.74) is 2.58. The number of carboxylic acid groups (broad SMARTS) is 1. The zero-order valence-electron chi connectivity index (χ0n) is 22.7. The number of rotatable bonds is 11. The van der Waals surface area contributed by atoms with E-state index in [0.717, 1.165) is 17.7 Å². The van der Waals surface area contributed by atoms with Gasteiger partial charge in [-0.25, -0.2) is 9.78 Å². The molecule has 0 spiro atoms. The number of thiazole rings is 1. The van der Waals surface area contributed by atoms with E-state index in [2.05, 4.69) is 5.32 Å². The van der Waals surface area contributed by atoms with Crippen molar-refractivity contribution in [2.24, 2.45) is 0 Å². The fraction of sp³-hybridized carbons (Fsp3) is 0.125. The number of carboxylic acids is 1. The van der Waals surface area contributed by atoms with Crippen molar-refractivity contribution < 1.29 is 37.3 Å². The number of hydrogen-bond donors (Lipinski definition) is 2. The van der Waals surface area contributed by atoms with Gasteiger partial charge in [0.2, 0.25) is 0 Å². The third-order valence-corrected chi connectivity index (χ3v) is 7.11. The first-order valence-corrected chi connectivity index (χ1v) is 13.8. The normalized spacial score (nSPS) is 11.2. The summed E-state index contributed by atoms with van der Waals surface area (Å²) in [6, 6.07) is 24.0. The molecule has 0 saturated heterocycles. The lowest BCUT2D eigenvalue weighted by Gasteiger charge is -2.13. The molecule has 43 heavy (non-hydrogen) atoms. The minimum atomic E-state index is -4.41. The molecule has 2 N–H and O–H groups in total. The summed E-state index contributed by atoms with van der Waals surface area (Å²) in [6.07, 6.45) is -4.41. The molecular formula is C32H25F3N2O5S. The Morgan fingerprint density at radius 2 is 1.58 bits per heavy atom. The first-order valence-electron chi connectivity index (χ1n) is 12.9. The Bertz CT molecular complexity index is 1710. The lowest BCUT2D eigenvalue weighted by molar-refractivity contribution is -0.137. The highest BCUT2D eigenvalue weighted by Crippen LogP contribution is 2.38. The van der Waals surface area contributed by atoms with Gasteiger partial charge in [0, 0.05) is 10.9 Å². The maximum Gasteiger partial charge on any atom is 0.416 e. The van der Waals surface area contributed by atoms with Crippen LogP contribution in [0.5, 0.6) is 17.2 Å². The summed E-state index contributed by atoms with van der Waals surface area (Å²) in [7, 11) is 1.54. The second-order valence-electron chi connectivity index (χ2n) is 9.30. The predicted molar refractivity (Wildman–Crippen MR) is 157 cm³/mol. The number of hydrogen-bond acceptors (Lipinski definition) is 7. The molecule has 0 aliphatic heterocycles. The topological polar surface area (TPSA) is 89.9 Å². The highest BCUT2D eigenvalue weighted by Gasteiger charge is 2.30. The number of methoxy groups -OCH3 is 1. The average Bonchev–Trinajstić information content (AvgIpc) is 3.48. The molecule has 0 amide bonds. The molecule has 4 aromatic carbocycles. The van der Waals surface area contributed by atoms with Gasteiger partial charge in [0.15, 0.2) is 5.13 Å². The van der Waals surface area contributed by atoms with Gasteiger partial charge < -0.3 is 24.6 Å². The third kappa shape index (κ3) is 7.44. The van der Waals surface area contributed by atoms with E-state index in [1.165, 1.54) is 42.7 Å². The molecular weight excluding hydrogens is 581 g/mol. The Balaban J connectivity index is 1.36. The Kier molecular flexibility index (Phi) is 8.82. The Hall–Kier alpha value is -5.03. The van der Waals surface area contributed by atoms with Crippen molar-refractivity contribution >= 4 is 28.1 Å². The van der Waals surface area contributed by atoms with Crippen molar-refractivity contribution in [1.29, 1.82) is 0 Å². The predicted octanol–water partition coefficient (Wildman–Crippen LogP) is 8.44. The Morgan fingerprint density at radius 1 is 0.884 bits per heavy atom. The van der Waals surface area contributed by atoms with Crippen LogP contribution in [0.3, 0.4) is 0 Å². The maximum atomic E-state index is 12.9. The number of anilines is 2. The summed E-state index contributed by atoms with van der Waals surface area (Å²) in [6.45, 7) is 0.288. The van der Waals surface area contributed by atoms with Crippen LogP contribution < -0.4 is 19.5 Å². The second kappa shape index (κ2) is 12.9. The van der Waals surface area contributed by atoms with Crippen LogP contribution in [0.4, 0.5) is 24.0 Å². The van der Waals surface area contributed by atoms with Gasteiger partial charge in [-0.2, -0.15) is 13.2 Å². The van der Waals surface area contributed by atoms with Gasteiger partial charge in [0.25, 0.3) is 0 Å². The van der Waals surface area contributed by atoms with Crippen LogP contribution in [0, 0.1) is 0 Å². The fourth-order valence-corrected chi connectivity index (χ4v) is 4.82. The van der Waals surface area contributed by atoms with Gasteiger partial charge >= 0.3 is 12.1 Å². The van der Waals surface area contributed by atoms with Crippen molar-refractivity contribution in [3.8, 4) is 28.5 Å². The van der Waals surface area contributed by atoms with Crippen LogP contribution in [-0.4, -0.2) is 23.2 Å². The van der Waals surface area contributed by atoms with E-state index in [1.807, 2.05) is 35.7 Å². The molecule has 1 heterocycles. The van der Waals surface area contributed by atoms with E-state index >= 15 is 0 Å². The number of aromatic carboxylic acids is 1. The van der Waals surface area contributed by atoms with Crippen molar-refractivity contribution in [3.63, 3.8) is 0 Å². The standard InChI is InChI=1S/C32H25F3N2O5S/c1-40-24-12-14-28(41-18-21-7-10-23(11-8-21)32(33,34)35)25(16-24)27-19-43-31(37-27)36-26-13-9-22(30(38)39)15-29(26)42-17-20-5-3-2-4-6-20/h2-16,19H,17-18H2,1H3,(H,36,37)(H,38,39). The van der Waals surface area contributed by atoms with E-state index in [-0.39, 0.29) is 18.8 Å². The molecule has 0 aliphatic carbocycles. The molecule has 220 valence electrons. The van der Waals surface area contributed by atoms with Crippen molar-refractivity contribution in [2.45, 2.75) is 19.4 Å². The first kappa shape index (κ1) is 29.5. The Labute approximate surface area is 249 Å². The van der Waals surface area contributed by atoms with Crippen LogP contribution in [0.1, 0.15) is 27.0 Å². The van der Waals surface area contributed by atoms with Gasteiger partial charge in [0.1, 0.15) is 30.5 Å². The summed E-state index contributed by atoms with van der Waals surface area (Å²) in [5.74, 6) is 0.312. The summed E-state index contributed by atoms with van der Waals surface area (Å²) in [4.78, 5) is 16.3. The molecule has 1 aromatic heterocycles. The van der Waals surface area contributed by atoms with E-state index < -0.39 is 17.7 Å². The third-order valence-electron chi connectivity index (χ3n) is 6.35. The maximum absolute atomic E-state index is 12.9. The lowest BCUT2D eigenvalue weighted by atomic mass is 10.1. The van der Waals surface area contributed by atoms with Crippen LogP contribution >= 0.6 is 11.3 Å². The molecule has 0 bridgehead atoms. The fourth-order valence-electron chi connectivity index (χ4n) is 4.10. The van der Waals surface area contributed by atoms with E-state index in [4.69, 9.17) is 19.2 Å². The number of ether oxygens (including phenoxy) is 3. The number of alkyl halides is 3. The zero-order chi connectivity index (χ0) is 30.4. The lowest BCUT2D eigenvalue weighted by Crippen LogP contribution is -2.05. The molecule has 0 unspecified atom stereocenters. The number of nitrogens with one attached hydrogen (secondary N) is 1. The van der Waals surface area contributed by atoms with E-state index in [0.29, 0.717) is 44.9 Å². The van der Waals surface area contributed by atoms with E-state index in [9.17, 15) is 23.1 Å². The zero-order valence-corrected chi connectivity index (χ0v) is 23.5. The van der Waals surface area contributed by atoms with Gasteiger partial charge in [-0.15, -0.1) is 11.3 Å². The molecule has 11 heteroatoms. The number of carbonyl (C=O) groups is 1. The molecule has 0 radical (unpaired) electrons. The highest BCUT2D eigenvalue weighted by molar-refractivity contribution is 7.14. The van der Waals surface area contributed by atoms with Crippen LogP contribution in [0.25, 0.3) is 11.3 Å². The average molecular weight is 607 g/mol. The summed E-state index contributed by atoms with van der Waals surface area (Å²) < 4.78 is 56.1. The van der Waals surface area contributed by atoms with Crippen LogP contribution in [0.15, 0.2) is 96.4 Å². The number of aromatic nitrogens is 1. The van der Waals surface area contributed by atoms with Crippen LogP contribution in [-0.2, 0) is 19.4 Å². The molecule has 7 nitrogen and oxygen atoms in total. The van der Waals surface area contributed by atoms with Crippen LogP contribution in [0.2, 0.25) is 0 Å². The summed E-state index contributed by atoms with van der Waals surface area (Å²) >= 11 is 1.32.